The average molecular weight is 266 g/mol. The van der Waals surface area contributed by atoms with E-state index in [1.54, 1.807) is 7.11 Å². The van der Waals surface area contributed by atoms with Crippen molar-refractivity contribution in [1.29, 1.82) is 0 Å². The molecule has 1 aliphatic heterocycles. The lowest BCUT2D eigenvalue weighted by Crippen LogP contribution is -2.36. The fraction of sp³-hybridized carbons (Fsp3) is 0.786. The van der Waals surface area contributed by atoms with Gasteiger partial charge in [0.2, 0.25) is 0 Å². The minimum Gasteiger partial charge on any atom is -0.493 e. The van der Waals surface area contributed by atoms with Gasteiger partial charge in [-0.05, 0) is 33.5 Å². The van der Waals surface area contributed by atoms with Gasteiger partial charge >= 0.3 is 0 Å². The first-order valence-corrected chi connectivity index (χ1v) is 7.17. The van der Waals surface area contributed by atoms with Crippen LogP contribution in [0.5, 0.6) is 5.75 Å². The van der Waals surface area contributed by atoms with E-state index in [1.165, 1.54) is 25.0 Å². The van der Waals surface area contributed by atoms with Crippen molar-refractivity contribution in [2.24, 2.45) is 0 Å². The molecule has 1 N–H and O–H groups in total. The molecular weight excluding hydrogens is 240 g/mol. The van der Waals surface area contributed by atoms with E-state index in [0.717, 1.165) is 31.8 Å². The molecule has 0 radical (unpaired) electrons. The molecule has 1 aromatic heterocycles. The zero-order valence-electron chi connectivity index (χ0n) is 12.4. The molecule has 1 aliphatic rings. The van der Waals surface area contributed by atoms with E-state index in [0.29, 0.717) is 6.04 Å². The van der Waals surface area contributed by atoms with Gasteiger partial charge in [0, 0.05) is 19.0 Å². The molecule has 0 bridgehead atoms. The minimum absolute atomic E-state index is 0.567. The summed E-state index contributed by atoms with van der Waals surface area (Å²) in [5, 5.41) is 8.06. The van der Waals surface area contributed by atoms with Crippen molar-refractivity contribution in [2.45, 2.75) is 38.3 Å². The quantitative estimate of drug-likeness (QED) is 0.838. The largest absolute Gasteiger partial charge is 0.493 e. The summed E-state index contributed by atoms with van der Waals surface area (Å²) in [6.45, 7) is 3.05. The monoisotopic (exact) mass is 266 g/mol. The number of likely N-dealkylation sites (N-methyl/N-ethyl adjacent to an activating group) is 1. The number of hydrogen-bond donors (Lipinski definition) is 1. The standard InChI is InChI=1S/C14H26N4O/c1-17(2)8-9-18-13(14(19-3)11-16-18)10-12-6-4-5-7-15-12/h11-12,15H,4-10H2,1-3H3. The lowest BCUT2D eigenvalue weighted by Gasteiger charge is -2.24. The second-order valence-electron chi connectivity index (χ2n) is 5.54. The summed E-state index contributed by atoms with van der Waals surface area (Å²) in [6, 6.07) is 0.567. The zero-order chi connectivity index (χ0) is 13.7. The van der Waals surface area contributed by atoms with Gasteiger partial charge in [0.15, 0.2) is 5.75 Å². The van der Waals surface area contributed by atoms with E-state index in [9.17, 15) is 0 Å². The molecule has 2 rings (SSSR count). The van der Waals surface area contributed by atoms with E-state index < -0.39 is 0 Å². The van der Waals surface area contributed by atoms with E-state index in [1.807, 2.05) is 6.20 Å². The summed E-state index contributed by atoms with van der Waals surface area (Å²) in [5.74, 6) is 0.922. The molecular formula is C14H26N4O. The Morgan fingerprint density at radius 3 is 2.95 bits per heavy atom. The number of rotatable bonds is 6. The van der Waals surface area contributed by atoms with Gasteiger partial charge in [-0.1, -0.05) is 6.42 Å². The number of nitrogens with one attached hydrogen (secondary N) is 1. The fourth-order valence-corrected chi connectivity index (χ4v) is 2.59. The van der Waals surface area contributed by atoms with Crippen LogP contribution in [0.4, 0.5) is 0 Å². The third-order valence-electron chi connectivity index (χ3n) is 3.74. The minimum atomic E-state index is 0.567. The van der Waals surface area contributed by atoms with Gasteiger partial charge in [0.25, 0.3) is 0 Å². The Morgan fingerprint density at radius 2 is 2.32 bits per heavy atom. The first-order valence-electron chi connectivity index (χ1n) is 7.17. The summed E-state index contributed by atoms with van der Waals surface area (Å²) >= 11 is 0. The molecule has 108 valence electrons. The lowest BCUT2D eigenvalue weighted by molar-refractivity contribution is 0.351. The van der Waals surface area contributed by atoms with Gasteiger partial charge in [-0.25, -0.2) is 0 Å². The normalized spacial score (nSPS) is 19.9. The van der Waals surface area contributed by atoms with Gasteiger partial charge in [0.05, 0.1) is 25.5 Å². The van der Waals surface area contributed by atoms with Crippen molar-refractivity contribution >= 4 is 0 Å². The Morgan fingerprint density at radius 1 is 1.47 bits per heavy atom. The van der Waals surface area contributed by atoms with Crippen LogP contribution in [0.2, 0.25) is 0 Å². The summed E-state index contributed by atoms with van der Waals surface area (Å²) in [7, 11) is 5.90. The van der Waals surface area contributed by atoms with Gasteiger partial charge in [-0.15, -0.1) is 0 Å². The predicted molar refractivity (Wildman–Crippen MR) is 76.7 cm³/mol. The molecule has 0 aromatic carbocycles. The first-order chi connectivity index (χ1) is 9.20. The molecule has 19 heavy (non-hydrogen) atoms. The molecule has 5 nitrogen and oxygen atoms in total. The van der Waals surface area contributed by atoms with Crippen LogP contribution in [-0.2, 0) is 13.0 Å². The molecule has 2 heterocycles. The third-order valence-corrected chi connectivity index (χ3v) is 3.74. The van der Waals surface area contributed by atoms with E-state index in [-0.39, 0.29) is 0 Å². The molecule has 0 amide bonds. The Hall–Kier alpha value is -1.07. The topological polar surface area (TPSA) is 42.3 Å². The number of ether oxygens (including phenoxy) is 1. The van der Waals surface area contributed by atoms with Crippen LogP contribution < -0.4 is 10.1 Å². The van der Waals surface area contributed by atoms with E-state index in [2.05, 4.69) is 34.1 Å². The Labute approximate surface area is 115 Å². The van der Waals surface area contributed by atoms with E-state index in [4.69, 9.17) is 4.74 Å². The smallest absolute Gasteiger partial charge is 0.159 e. The molecule has 0 saturated carbocycles. The van der Waals surface area contributed by atoms with Crippen LogP contribution in [0.15, 0.2) is 6.20 Å². The van der Waals surface area contributed by atoms with Crippen LogP contribution in [-0.4, -0.2) is 55.0 Å². The first kappa shape index (κ1) is 14.3. The molecule has 0 aliphatic carbocycles. The highest BCUT2D eigenvalue weighted by Gasteiger charge is 2.19. The van der Waals surface area contributed by atoms with Crippen LogP contribution in [0.3, 0.4) is 0 Å². The molecule has 1 aromatic rings. The lowest BCUT2D eigenvalue weighted by atomic mass is 10.0. The number of piperidine rings is 1. The van der Waals surface area contributed by atoms with Crippen LogP contribution in [0, 0.1) is 0 Å². The van der Waals surface area contributed by atoms with Gasteiger partial charge in [0.1, 0.15) is 0 Å². The van der Waals surface area contributed by atoms with Crippen molar-refractivity contribution in [1.82, 2.24) is 20.0 Å². The predicted octanol–water partition coefficient (Wildman–Crippen LogP) is 1.14. The Balaban J connectivity index is 2.04. The molecule has 0 spiro atoms. The Bertz CT molecular complexity index is 383. The summed E-state index contributed by atoms with van der Waals surface area (Å²) in [6.07, 6.45) is 6.73. The van der Waals surface area contributed by atoms with E-state index >= 15 is 0 Å². The van der Waals surface area contributed by atoms with Crippen LogP contribution >= 0.6 is 0 Å². The van der Waals surface area contributed by atoms with Gasteiger partial charge in [-0.2, -0.15) is 5.10 Å². The van der Waals surface area contributed by atoms with Crippen LogP contribution in [0.1, 0.15) is 25.0 Å². The van der Waals surface area contributed by atoms with Crippen LogP contribution in [0.25, 0.3) is 0 Å². The maximum absolute atomic E-state index is 5.45. The second kappa shape index (κ2) is 6.91. The SMILES string of the molecule is COc1cnn(CCN(C)C)c1CC1CCCCN1. The Kier molecular flexibility index (Phi) is 5.22. The number of hydrogen-bond acceptors (Lipinski definition) is 4. The number of methoxy groups -OCH3 is 1. The van der Waals surface area contributed by atoms with Crippen molar-refractivity contribution < 1.29 is 4.74 Å². The second-order valence-corrected chi connectivity index (χ2v) is 5.54. The summed E-state index contributed by atoms with van der Waals surface area (Å²) in [5.41, 5.74) is 1.23. The highest BCUT2D eigenvalue weighted by Crippen LogP contribution is 2.21. The highest BCUT2D eigenvalue weighted by atomic mass is 16.5. The molecule has 5 heteroatoms. The van der Waals surface area contributed by atoms with Crippen molar-refractivity contribution in [3.63, 3.8) is 0 Å². The average Bonchev–Trinajstić information content (AvgIpc) is 2.80. The van der Waals surface area contributed by atoms with Crippen molar-refractivity contribution in [3.05, 3.63) is 11.9 Å². The van der Waals surface area contributed by atoms with Crippen molar-refractivity contribution in [2.75, 3.05) is 34.3 Å². The number of nitrogens with zero attached hydrogens (tertiary/aromatic N) is 3. The molecule has 1 unspecified atom stereocenters. The zero-order valence-corrected chi connectivity index (χ0v) is 12.4. The number of aromatic nitrogens is 2. The summed E-state index contributed by atoms with van der Waals surface area (Å²) < 4.78 is 7.54. The fourth-order valence-electron chi connectivity index (χ4n) is 2.59. The summed E-state index contributed by atoms with van der Waals surface area (Å²) in [4.78, 5) is 2.18. The maximum Gasteiger partial charge on any atom is 0.159 e. The third kappa shape index (κ3) is 3.94. The van der Waals surface area contributed by atoms with Crippen molar-refractivity contribution in [3.8, 4) is 5.75 Å². The highest BCUT2D eigenvalue weighted by molar-refractivity contribution is 5.26. The van der Waals surface area contributed by atoms with Gasteiger partial charge in [-0.3, -0.25) is 4.68 Å². The molecule has 1 fully saturated rings. The van der Waals surface area contributed by atoms with Gasteiger partial charge < -0.3 is 15.0 Å². The maximum atomic E-state index is 5.45. The molecule has 1 saturated heterocycles. The molecule has 1 atom stereocenters.